The van der Waals surface area contributed by atoms with Crippen LogP contribution in [-0.4, -0.2) is 54.0 Å². The number of rotatable bonds is 6. The number of carbonyl (C=O) groups excluding carboxylic acids is 2. The fourth-order valence-corrected chi connectivity index (χ4v) is 1.74. The molecular formula is C12H17NO5. The Hall–Kier alpha value is -1.69. The van der Waals surface area contributed by atoms with Gasteiger partial charge in [-0.2, -0.15) is 0 Å². The van der Waals surface area contributed by atoms with Crippen molar-refractivity contribution in [3.63, 3.8) is 0 Å². The molecule has 0 bridgehead atoms. The van der Waals surface area contributed by atoms with Gasteiger partial charge in [0.25, 0.3) is 0 Å². The van der Waals surface area contributed by atoms with E-state index in [2.05, 4.69) is 0 Å². The summed E-state index contributed by atoms with van der Waals surface area (Å²) >= 11 is 0. The summed E-state index contributed by atoms with van der Waals surface area (Å²) in [6, 6.07) is 0. The number of carboxylic acid groups (broad SMARTS) is 1. The first-order chi connectivity index (χ1) is 8.43. The van der Waals surface area contributed by atoms with E-state index in [9.17, 15) is 14.4 Å². The number of carboxylic acids is 1. The van der Waals surface area contributed by atoms with Crippen LogP contribution in [0.15, 0.2) is 12.2 Å². The average Bonchev–Trinajstić information content (AvgIpc) is 2.71. The fraction of sp³-hybridized carbons (Fsp3) is 0.583. The van der Waals surface area contributed by atoms with E-state index in [4.69, 9.17) is 9.84 Å². The number of likely N-dealkylation sites (N-methyl/N-ethyl adjacent to an activating group) is 1. The number of nitrogens with zero attached hydrogens (tertiary/aromatic N) is 1. The topological polar surface area (TPSA) is 83.9 Å². The zero-order valence-electron chi connectivity index (χ0n) is 10.4. The Bertz CT molecular complexity index is 365. The summed E-state index contributed by atoms with van der Waals surface area (Å²) < 4.78 is 5.45. The first-order valence-electron chi connectivity index (χ1n) is 5.69. The first-order valence-corrected chi connectivity index (χ1v) is 5.69. The fourth-order valence-electron chi connectivity index (χ4n) is 1.74. The van der Waals surface area contributed by atoms with Crippen molar-refractivity contribution in [2.45, 2.75) is 25.6 Å². The second-order valence-corrected chi connectivity index (χ2v) is 4.34. The molecule has 0 aromatic carbocycles. The third kappa shape index (κ3) is 3.96. The second kappa shape index (κ2) is 6.30. The van der Waals surface area contributed by atoms with E-state index < -0.39 is 18.0 Å². The van der Waals surface area contributed by atoms with Gasteiger partial charge in [-0.3, -0.25) is 9.59 Å². The minimum absolute atomic E-state index is 0.0466. The van der Waals surface area contributed by atoms with Crippen LogP contribution in [0.2, 0.25) is 0 Å². The molecule has 0 aromatic heterocycles. The van der Waals surface area contributed by atoms with Gasteiger partial charge in [-0.15, -0.1) is 0 Å². The highest BCUT2D eigenvalue weighted by Gasteiger charge is 2.28. The Balaban J connectivity index is 2.53. The zero-order valence-corrected chi connectivity index (χ0v) is 10.4. The Morgan fingerprint density at radius 1 is 1.50 bits per heavy atom. The monoisotopic (exact) mass is 255 g/mol. The molecule has 0 spiro atoms. The molecule has 3 unspecified atom stereocenters. The maximum atomic E-state index is 11.7. The van der Waals surface area contributed by atoms with Crippen LogP contribution in [0.25, 0.3) is 0 Å². The van der Waals surface area contributed by atoms with Crippen LogP contribution < -0.4 is 0 Å². The third-order valence-electron chi connectivity index (χ3n) is 2.75. The van der Waals surface area contributed by atoms with Gasteiger partial charge in [0.2, 0.25) is 5.91 Å². The molecule has 3 atom stereocenters. The standard InChI is InChI=1S/C12H17NO5/c1-8-3-4-10(18-8)9(7-14)5-11(15)13(2)6-12(16)17/h3-4,7-10H,5-6H2,1-2H3,(H,16,17). The molecule has 6 nitrogen and oxygen atoms in total. The highest BCUT2D eigenvalue weighted by molar-refractivity contribution is 5.83. The van der Waals surface area contributed by atoms with Crippen molar-refractivity contribution < 1.29 is 24.2 Å². The highest BCUT2D eigenvalue weighted by atomic mass is 16.5. The van der Waals surface area contributed by atoms with Gasteiger partial charge in [0, 0.05) is 13.5 Å². The van der Waals surface area contributed by atoms with Crippen molar-refractivity contribution in [2.24, 2.45) is 5.92 Å². The van der Waals surface area contributed by atoms with E-state index in [0.717, 1.165) is 4.90 Å². The van der Waals surface area contributed by atoms with Crippen molar-refractivity contribution in [2.75, 3.05) is 13.6 Å². The molecule has 1 aliphatic rings. The van der Waals surface area contributed by atoms with Crippen LogP contribution in [0.1, 0.15) is 13.3 Å². The number of aldehydes is 1. The van der Waals surface area contributed by atoms with Crippen molar-refractivity contribution in [3.05, 3.63) is 12.2 Å². The molecule has 0 aromatic rings. The summed E-state index contributed by atoms with van der Waals surface area (Å²) in [7, 11) is 1.40. The third-order valence-corrected chi connectivity index (χ3v) is 2.75. The van der Waals surface area contributed by atoms with Gasteiger partial charge in [0.05, 0.1) is 18.1 Å². The number of aliphatic carboxylic acids is 1. The van der Waals surface area contributed by atoms with Crippen molar-refractivity contribution in [1.29, 1.82) is 0 Å². The molecule has 0 radical (unpaired) electrons. The lowest BCUT2D eigenvalue weighted by Crippen LogP contribution is -2.35. The van der Waals surface area contributed by atoms with Gasteiger partial charge in [-0.1, -0.05) is 12.2 Å². The molecule has 1 rings (SSSR count). The van der Waals surface area contributed by atoms with Crippen LogP contribution in [0, 0.1) is 5.92 Å². The SMILES string of the molecule is CC1C=CC(C(C=O)CC(=O)N(C)CC(=O)O)O1. The second-order valence-electron chi connectivity index (χ2n) is 4.34. The van der Waals surface area contributed by atoms with Gasteiger partial charge in [0.1, 0.15) is 12.8 Å². The highest BCUT2D eigenvalue weighted by Crippen LogP contribution is 2.20. The summed E-state index contributed by atoms with van der Waals surface area (Å²) in [5, 5.41) is 8.57. The number of hydrogen-bond acceptors (Lipinski definition) is 4. The van der Waals surface area contributed by atoms with E-state index in [0.29, 0.717) is 6.29 Å². The predicted molar refractivity (Wildman–Crippen MR) is 62.9 cm³/mol. The molecule has 0 saturated carbocycles. The van der Waals surface area contributed by atoms with E-state index in [1.807, 2.05) is 13.0 Å². The van der Waals surface area contributed by atoms with Gasteiger partial charge >= 0.3 is 5.97 Å². The van der Waals surface area contributed by atoms with Crippen LogP contribution in [0.3, 0.4) is 0 Å². The van der Waals surface area contributed by atoms with Crippen molar-refractivity contribution in [1.82, 2.24) is 4.90 Å². The molecular weight excluding hydrogens is 238 g/mol. The average molecular weight is 255 g/mol. The molecule has 100 valence electrons. The van der Waals surface area contributed by atoms with Gasteiger partial charge < -0.3 is 19.5 Å². The normalized spacial score (nSPS) is 23.7. The van der Waals surface area contributed by atoms with E-state index in [-0.39, 0.29) is 25.0 Å². The molecule has 18 heavy (non-hydrogen) atoms. The van der Waals surface area contributed by atoms with E-state index in [1.165, 1.54) is 7.05 Å². The number of carbonyl (C=O) groups is 3. The smallest absolute Gasteiger partial charge is 0.323 e. The zero-order chi connectivity index (χ0) is 13.7. The van der Waals surface area contributed by atoms with Crippen LogP contribution in [-0.2, 0) is 19.1 Å². The summed E-state index contributed by atoms with van der Waals surface area (Å²) in [6.07, 6.45) is 3.75. The molecule has 1 N–H and O–H groups in total. The summed E-state index contributed by atoms with van der Waals surface area (Å²) in [5.74, 6) is -2.04. The van der Waals surface area contributed by atoms with E-state index in [1.54, 1.807) is 6.08 Å². The van der Waals surface area contributed by atoms with Gasteiger partial charge in [-0.25, -0.2) is 0 Å². The largest absolute Gasteiger partial charge is 0.480 e. The molecule has 6 heteroatoms. The van der Waals surface area contributed by atoms with Gasteiger partial charge in [0.15, 0.2) is 0 Å². The van der Waals surface area contributed by atoms with Crippen LogP contribution in [0.5, 0.6) is 0 Å². The van der Waals surface area contributed by atoms with Crippen LogP contribution in [0.4, 0.5) is 0 Å². The quantitative estimate of drug-likeness (QED) is 0.536. The molecule has 1 amide bonds. The molecule has 1 aliphatic heterocycles. The predicted octanol–water partition coefficient (Wildman–Crippen LogP) is 0.0781. The van der Waals surface area contributed by atoms with Crippen molar-refractivity contribution in [3.8, 4) is 0 Å². The summed E-state index contributed by atoms with van der Waals surface area (Å²) in [6.45, 7) is 1.47. The molecule has 0 saturated heterocycles. The Morgan fingerprint density at radius 3 is 2.61 bits per heavy atom. The summed E-state index contributed by atoms with van der Waals surface area (Å²) in [5.41, 5.74) is 0. The number of ether oxygens (including phenoxy) is 1. The van der Waals surface area contributed by atoms with E-state index >= 15 is 0 Å². The number of hydrogen-bond donors (Lipinski definition) is 1. The maximum Gasteiger partial charge on any atom is 0.323 e. The lowest BCUT2D eigenvalue weighted by Gasteiger charge is -2.20. The van der Waals surface area contributed by atoms with Crippen LogP contribution >= 0.6 is 0 Å². The summed E-state index contributed by atoms with van der Waals surface area (Å²) in [4.78, 5) is 34.2. The first kappa shape index (κ1) is 14.4. The maximum absolute atomic E-state index is 11.7. The molecule has 1 heterocycles. The lowest BCUT2D eigenvalue weighted by molar-refractivity contribution is -0.144. The van der Waals surface area contributed by atoms with Crippen molar-refractivity contribution >= 4 is 18.2 Å². The Labute approximate surface area is 105 Å². The lowest BCUT2D eigenvalue weighted by atomic mass is 9.99. The molecule has 0 fully saturated rings. The Morgan fingerprint density at radius 2 is 2.17 bits per heavy atom. The van der Waals surface area contributed by atoms with Gasteiger partial charge in [-0.05, 0) is 6.92 Å². The minimum atomic E-state index is -1.08. The minimum Gasteiger partial charge on any atom is -0.480 e. The number of amides is 1. The molecule has 0 aliphatic carbocycles. The Kier molecular flexibility index (Phi) is 5.03.